The summed E-state index contributed by atoms with van der Waals surface area (Å²) in [6, 6.07) is 7.66. The van der Waals surface area contributed by atoms with Crippen LogP contribution in [0.5, 0.6) is 0 Å². The van der Waals surface area contributed by atoms with Crippen molar-refractivity contribution < 1.29 is 0 Å². The summed E-state index contributed by atoms with van der Waals surface area (Å²) in [5.74, 6) is 0.790. The zero-order valence-corrected chi connectivity index (χ0v) is 11.9. The molecule has 0 radical (unpaired) electrons. The molecule has 0 aromatic heterocycles. The van der Waals surface area contributed by atoms with E-state index in [0.29, 0.717) is 10.6 Å². The first-order valence-corrected chi connectivity index (χ1v) is 7.21. The second-order valence-corrected chi connectivity index (χ2v) is 5.62. The van der Waals surface area contributed by atoms with Gasteiger partial charge in [0.15, 0.2) is 0 Å². The molecule has 0 unspecified atom stereocenters. The molecule has 1 aliphatic heterocycles. The van der Waals surface area contributed by atoms with Gasteiger partial charge >= 0.3 is 0 Å². The molecule has 0 saturated carbocycles. The van der Waals surface area contributed by atoms with Gasteiger partial charge in [-0.05, 0) is 62.5 Å². The first-order valence-electron chi connectivity index (χ1n) is 6.84. The molecule has 1 heterocycles. The fourth-order valence-electron chi connectivity index (χ4n) is 2.65. The Kier molecular flexibility index (Phi) is 5.21. The van der Waals surface area contributed by atoms with Crippen LogP contribution in [0, 0.1) is 17.2 Å². The number of halogens is 1. The summed E-state index contributed by atoms with van der Waals surface area (Å²) in [7, 11) is 0. The van der Waals surface area contributed by atoms with Gasteiger partial charge in [-0.1, -0.05) is 17.7 Å². The van der Waals surface area contributed by atoms with Gasteiger partial charge in [0.05, 0.1) is 11.6 Å². The van der Waals surface area contributed by atoms with E-state index in [0.717, 1.165) is 44.1 Å². The number of rotatable bonds is 4. The minimum absolute atomic E-state index is 0.621. The lowest BCUT2D eigenvalue weighted by molar-refractivity contribution is 0.173. The molecule has 1 fully saturated rings. The average Bonchev–Trinajstić information content (AvgIpc) is 2.43. The van der Waals surface area contributed by atoms with Crippen molar-refractivity contribution in [3.05, 3.63) is 34.3 Å². The third-order valence-corrected chi connectivity index (χ3v) is 4.21. The molecule has 19 heavy (non-hydrogen) atoms. The number of nitrogens with zero attached hydrogens (tertiary/aromatic N) is 2. The summed E-state index contributed by atoms with van der Waals surface area (Å²) in [5.41, 5.74) is 7.34. The zero-order chi connectivity index (χ0) is 13.7. The summed E-state index contributed by atoms with van der Waals surface area (Å²) in [5, 5.41) is 9.52. The van der Waals surface area contributed by atoms with Gasteiger partial charge in [0, 0.05) is 11.6 Å². The maximum absolute atomic E-state index is 8.82. The fraction of sp³-hybridized carbons (Fsp3) is 0.533. The number of likely N-dealkylation sites (tertiary alicyclic amines) is 1. The number of nitrogens with two attached hydrogens (primary N) is 1. The van der Waals surface area contributed by atoms with Gasteiger partial charge in [-0.2, -0.15) is 5.26 Å². The zero-order valence-electron chi connectivity index (χ0n) is 11.1. The molecule has 4 heteroatoms. The van der Waals surface area contributed by atoms with E-state index in [1.807, 2.05) is 12.1 Å². The maximum Gasteiger partial charge on any atom is 0.0992 e. The molecule has 3 nitrogen and oxygen atoms in total. The molecule has 0 bridgehead atoms. The maximum atomic E-state index is 8.82. The van der Waals surface area contributed by atoms with Gasteiger partial charge in [0.1, 0.15) is 0 Å². The minimum Gasteiger partial charge on any atom is -0.330 e. The van der Waals surface area contributed by atoms with Crippen molar-refractivity contribution in [2.75, 3.05) is 19.6 Å². The van der Waals surface area contributed by atoms with E-state index in [4.69, 9.17) is 22.6 Å². The molecule has 0 amide bonds. The van der Waals surface area contributed by atoms with Crippen molar-refractivity contribution in [3.8, 4) is 6.07 Å². The van der Waals surface area contributed by atoms with Gasteiger partial charge in [-0.25, -0.2) is 0 Å². The van der Waals surface area contributed by atoms with Crippen LogP contribution in [0.15, 0.2) is 18.2 Å². The lowest BCUT2D eigenvalue weighted by Gasteiger charge is -2.32. The van der Waals surface area contributed by atoms with Crippen molar-refractivity contribution >= 4 is 11.6 Å². The van der Waals surface area contributed by atoms with Crippen molar-refractivity contribution in [3.63, 3.8) is 0 Å². The van der Waals surface area contributed by atoms with Crippen LogP contribution < -0.4 is 5.73 Å². The number of hydrogen-bond donors (Lipinski definition) is 1. The second-order valence-electron chi connectivity index (χ2n) is 5.21. The van der Waals surface area contributed by atoms with Crippen LogP contribution in [0.25, 0.3) is 0 Å². The van der Waals surface area contributed by atoms with Crippen LogP contribution in [0.2, 0.25) is 5.02 Å². The van der Waals surface area contributed by atoms with E-state index in [2.05, 4.69) is 11.0 Å². The Bertz CT molecular complexity index is 459. The van der Waals surface area contributed by atoms with Crippen LogP contribution in [-0.4, -0.2) is 24.5 Å². The largest absolute Gasteiger partial charge is 0.330 e. The van der Waals surface area contributed by atoms with Gasteiger partial charge < -0.3 is 5.73 Å². The Morgan fingerprint density at radius 1 is 1.37 bits per heavy atom. The summed E-state index contributed by atoms with van der Waals surface area (Å²) in [6.07, 6.45) is 3.60. The summed E-state index contributed by atoms with van der Waals surface area (Å²) in [4.78, 5) is 2.43. The lowest BCUT2D eigenvalue weighted by Crippen LogP contribution is -2.33. The molecular formula is C15H20ClN3. The molecule has 2 N–H and O–H groups in total. The number of nitriles is 1. The standard InChI is InChI=1S/C15H20ClN3/c16-15-9-13(10-18)1-2-14(15)11-19-7-4-12(3-6-17)5-8-19/h1-2,9,12H,3-8,11,17H2. The smallest absolute Gasteiger partial charge is 0.0992 e. The summed E-state index contributed by atoms with van der Waals surface area (Å²) < 4.78 is 0. The Hall–Kier alpha value is -1.08. The van der Waals surface area contributed by atoms with E-state index in [1.165, 1.54) is 12.8 Å². The number of benzene rings is 1. The third-order valence-electron chi connectivity index (χ3n) is 3.86. The van der Waals surface area contributed by atoms with Crippen LogP contribution >= 0.6 is 11.6 Å². The Balaban J connectivity index is 1.91. The molecular weight excluding hydrogens is 258 g/mol. The number of hydrogen-bond acceptors (Lipinski definition) is 3. The van der Waals surface area contributed by atoms with E-state index in [9.17, 15) is 0 Å². The van der Waals surface area contributed by atoms with Crippen LogP contribution in [-0.2, 0) is 6.54 Å². The van der Waals surface area contributed by atoms with Crippen molar-refractivity contribution in [1.82, 2.24) is 4.90 Å². The average molecular weight is 278 g/mol. The van der Waals surface area contributed by atoms with E-state index in [-0.39, 0.29) is 0 Å². The number of piperidine rings is 1. The SMILES string of the molecule is N#Cc1ccc(CN2CCC(CCN)CC2)c(Cl)c1. The predicted octanol–water partition coefficient (Wildman–Crippen LogP) is 2.77. The Morgan fingerprint density at radius 3 is 2.68 bits per heavy atom. The molecule has 1 saturated heterocycles. The molecule has 0 aliphatic carbocycles. The van der Waals surface area contributed by atoms with Crippen molar-refractivity contribution in [1.29, 1.82) is 5.26 Å². The van der Waals surface area contributed by atoms with Crippen LogP contribution in [0.4, 0.5) is 0 Å². The molecule has 1 aromatic carbocycles. The Labute approximate surface area is 120 Å². The molecule has 0 atom stereocenters. The molecule has 102 valence electrons. The second kappa shape index (κ2) is 6.91. The topological polar surface area (TPSA) is 53.0 Å². The van der Waals surface area contributed by atoms with Gasteiger partial charge in [-0.15, -0.1) is 0 Å². The normalized spacial score (nSPS) is 17.3. The first-order chi connectivity index (χ1) is 9.22. The highest BCUT2D eigenvalue weighted by Gasteiger charge is 2.19. The summed E-state index contributed by atoms with van der Waals surface area (Å²) in [6.45, 7) is 3.90. The van der Waals surface area contributed by atoms with Crippen LogP contribution in [0.1, 0.15) is 30.4 Å². The quantitative estimate of drug-likeness (QED) is 0.921. The van der Waals surface area contributed by atoms with Crippen molar-refractivity contribution in [2.24, 2.45) is 11.7 Å². The first kappa shape index (κ1) is 14.3. The van der Waals surface area contributed by atoms with Gasteiger partial charge in [0.25, 0.3) is 0 Å². The highest BCUT2D eigenvalue weighted by molar-refractivity contribution is 6.31. The summed E-state index contributed by atoms with van der Waals surface area (Å²) >= 11 is 6.21. The third kappa shape index (κ3) is 3.94. The van der Waals surface area contributed by atoms with Gasteiger partial charge in [0.2, 0.25) is 0 Å². The van der Waals surface area contributed by atoms with E-state index in [1.54, 1.807) is 6.07 Å². The van der Waals surface area contributed by atoms with E-state index < -0.39 is 0 Å². The predicted molar refractivity (Wildman–Crippen MR) is 77.8 cm³/mol. The highest BCUT2D eigenvalue weighted by atomic mass is 35.5. The molecule has 2 rings (SSSR count). The van der Waals surface area contributed by atoms with E-state index >= 15 is 0 Å². The monoisotopic (exact) mass is 277 g/mol. The highest BCUT2D eigenvalue weighted by Crippen LogP contribution is 2.24. The van der Waals surface area contributed by atoms with Crippen molar-refractivity contribution in [2.45, 2.75) is 25.8 Å². The Morgan fingerprint density at radius 2 is 2.11 bits per heavy atom. The molecule has 0 spiro atoms. The fourth-order valence-corrected chi connectivity index (χ4v) is 2.90. The lowest BCUT2D eigenvalue weighted by atomic mass is 9.93. The van der Waals surface area contributed by atoms with Gasteiger partial charge in [-0.3, -0.25) is 4.90 Å². The van der Waals surface area contributed by atoms with Crippen LogP contribution in [0.3, 0.4) is 0 Å². The molecule has 1 aromatic rings. The molecule has 1 aliphatic rings. The minimum atomic E-state index is 0.621.